The van der Waals surface area contributed by atoms with Crippen LogP contribution in [0, 0.1) is 0 Å². The lowest BCUT2D eigenvalue weighted by Gasteiger charge is -2.30. The highest BCUT2D eigenvalue weighted by Gasteiger charge is 2.20. The van der Waals surface area contributed by atoms with Crippen LogP contribution in [0.5, 0.6) is 0 Å². The van der Waals surface area contributed by atoms with Gasteiger partial charge in [0.1, 0.15) is 10.8 Å². The lowest BCUT2D eigenvalue weighted by Crippen LogP contribution is -2.35. The largest absolute Gasteiger partial charge is 0.389 e. The molecule has 98 valence electrons. The number of anilines is 1. The second-order valence-electron chi connectivity index (χ2n) is 4.87. The van der Waals surface area contributed by atoms with E-state index in [4.69, 9.17) is 18.0 Å². The summed E-state index contributed by atoms with van der Waals surface area (Å²) in [6, 6.07) is 4.50. The van der Waals surface area contributed by atoms with Gasteiger partial charge in [-0.15, -0.1) is 0 Å². The standard InChI is InChI=1S/C14H21N3S/c1-2-12-6-4-3-5-9-17(12)13-10-11(14(15)18)7-8-16-13/h7-8,10,12H,2-6,9H2,1H3,(H2,15,18). The van der Waals surface area contributed by atoms with Gasteiger partial charge < -0.3 is 10.6 Å². The Morgan fingerprint density at radius 3 is 3.06 bits per heavy atom. The fraction of sp³-hybridized carbons (Fsp3) is 0.571. The van der Waals surface area contributed by atoms with Crippen LogP contribution in [0.15, 0.2) is 18.3 Å². The van der Waals surface area contributed by atoms with Gasteiger partial charge >= 0.3 is 0 Å². The third-order valence-corrected chi connectivity index (χ3v) is 3.91. The fourth-order valence-corrected chi connectivity index (χ4v) is 2.76. The van der Waals surface area contributed by atoms with Crippen molar-refractivity contribution in [3.8, 4) is 0 Å². The first kappa shape index (κ1) is 13.3. The van der Waals surface area contributed by atoms with Crippen LogP contribution < -0.4 is 10.6 Å². The zero-order chi connectivity index (χ0) is 13.0. The normalized spacial score (nSPS) is 20.5. The van der Waals surface area contributed by atoms with Crippen molar-refractivity contribution >= 4 is 23.0 Å². The van der Waals surface area contributed by atoms with Crippen LogP contribution in [0.25, 0.3) is 0 Å². The monoisotopic (exact) mass is 263 g/mol. The van der Waals surface area contributed by atoms with Crippen LogP contribution in [-0.2, 0) is 0 Å². The van der Waals surface area contributed by atoms with E-state index in [0.29, 0.717) is 11.0 Å². The average Bonchev–Trinajstić information content (AvgIpc) is 2.63. The number of rotatable bonds is 3. The number of pyridine rings is 1. The number of hydrogen-bond donors (Lipinski definition) is 1. The summed E-state index contributed by atoms with van der Waals surface area (Å²) in [5, 5.41) is 0. The van der Waals surface area contributed by atoms with Gasteiger partial charge in [0.15, 0.2) is 0 Å². The summed E-state index contributed by atoms with van der Waals surface area (Å²) >= 11 is 5.04. The van der Waals surface area contributed by atoms with Crippen LogP contribution in [0.4, 0.5) is 5.82 Å². The molecule has 1 saturated heterocycles. The minimum absolute atomic E-state index is 0.446. The molecule has 0 aromatic carbocycles. The van der Waals surface area contributed by atoms with E-state index in [1.54, 1.807) is 6.20 Å². The molecular formula is C14H21N3S. The van der Waals surface area contributed by atoms with E-state index in [2.05, 4.69) is 16.8 Å². The molecule has 4 heteroatoms. The zero-order valence-corrected chi connectivity index (χ0v) is 11.7. The summed E-state index contributed by atoms with van der Waals surface area (Å²) in [6.45, 7) is 3.34. The van der Waals surface area contributed by atoms with E-state index < -0.39 is 0 Å². The number of nitrogens with two attached hydrogens (primary N) is 1. The van der Waals surface area contributed by atoms with Crippen molar-refractivity contribution in [2.45, 2.75) is 45.1 Å². The number of nitrogens with zero attached hydrogens (tertiary/aromatic N) is 2. The fourth-order valence-electron chi connectivity index (χ4n) is 2.63. The predicted octanol–water partition coefficient (Wildman–Crippen LogP) is 2.87. The van der Waals surface area contributed by atoms with E-state index in [1.165, 1.54) is 32.1 Å². The summed E-state index contributed by atoms with van der Waals surface area (Å²) < 4.78 is 0. The Hall–Kier alpha value is -1.16. The maximum atomic E-state index is 5.70. The second kappa shape index (κ2) is 6.14. The average molecular weight is 263 g/mol. The van der Waals surface area contributed by atoms with Crippen molar-refractivity contribution in [3.63, 3.8) is 0 Å². The van der Waals surface area contributed by atoms with E-state index in [1.807, 2.05) is 12.1 Å². The van der Waals surface area contributed by atoms with Crippen molar-refractivity contribution in [1.82, 2.24) is 4.98 Å². The lowest BCUT2D eigenvalue weighted by atomic mass is 10.1. The molecule has 1 unspecified atom stereocenters. The highest BCUT2D eigenvalue weighted by Crippen LogP contribution is 2.24. The van der Waals surface area contributed by atoms with Gasteiger partial charge in [0, 0.05) is 24.3 Å². The molecule has 1 aliphatic rings. The summed E-state index contributed by atoms with van der Waals surface area (Å²) in [5.41, 5.74) is 6.61. The molecule has 2 heterocycles. The van der Waals surface area contributed by atoms with Gasteiger partial charge in [-0.1, -0.05) is 32.0 Å². The van der Waals surface area contributed by atoms with Crippen molar-refractivity contribution in [2.24, 2.45) is 5.73 Å². The molecule has 0 amide bonds. The molecule has 1 aromatic heterocycles. The highest BCUT2D eigenvalue weighted by molar-refractivity contribution is 7.80. The Morgan fingerprint density at radius 2 is 2.33 bits per heavy atom. The second-order valence-corrected chi connectivity index (χ2v) is 5.31. The molecule has 18 heavy (non-hydrogen) atoms. The smallest absolute Gasteiger partial charge is 0.129 e. The summed E-state index contributed by atoms with van der Waals surface area (Å²) in [5.74, 6) is 1.02. The SMILES string of the molecule is CCC1CCCCCN1c1cc(C(N)=S)ccn1. The van der Waals surface area contributed by atoms with Gasteiger partial charge in [0.25, 0.3) is 0 Å². The Morgan fingerprint density at radius 1 is 1.50 bits per heavy atom. The first-order chi connectivity index (χ1) is 8.72. The quantitative estimate of drug-likeness (QED) is 0.852. The molecule has 0 saturated carbocycles. The van der Waals surface area contributed by atoms with Gasteiger partial charge in [0.2, 0.25) is 0 Å². The number of hydrogen-bond acceptors (Lipinski definition) is 3. The van der Waals surface area contributed by atoms with Crippen LogP contribution in [0.3, 0.4) is 0 Å². The topological polar surface area (TPSA) is 42.1 Å². The van der Waals surface area contributed by atoms with Gasteiger partial charge in [-0.25, -0.2) is 4.98 Å². The van der Waals surface area contributed by atoms with Crippen LogP contribution in [-0.4, -0.2) is 22.6 Å². The van der Waals surface area contributed by atoms with Crippen LogP contribution in [0.2, 0.25) is 0 Å². The third kappa shape index (κ3) is 2.99. The van der Waals surface area contributed by atoms with Gasteiger partial charge in [-0.05, 0) is 31.4 Å². The summed E-state index contributed by atoms with van der Waals surface area (Å²) in [7, 11) is 0. The maximum absolute atomic E-state index is 5.70. The molecule has 0 bridgehead atoms. The molecule has 1 aliphatic heterocycles. The molecular weight excluding hydrogens is 242 g/mol. The Bertz CT molecular complexity index is 419. The molecule has 0 aliphatic carbocycles. The Balaban J connectivity index is 2.26. The summed E-state index contributed by atoms with van der Waals surface area (Å²) in [4.78, 5) is 7.37. The first-order valence-corrected chi connectivity index (χ1v) is 7.15. The van der Waals surface area contributed by atoms with Crippen LogP contribution >= 0.6 is 12.2 Å². The molecule has 2 N–H and O–H groups in total. The predicted molar refractivity (Wildman–Crippen MR) is 80.0 cm³/mol. The van der Waals surface area contributed by atoms with E-state index in [9.17, 15) is 0 Å². The van der Waals surface area contributed by atoms with E-state index >= 15 is 0 Å². The minimum atomic E-state index is 0.446. The molecule has 1 aromatic rings. The third-order valence-electron chi connectivity index (χ3n) is 3.67. The van der Waals surface area contributed by atoms with Gasteiger partial charge in [-0.2, -0.15) is 0 Å². The van der Waals surface area contributed by atoms with Crippen molar-refractivity contribution < 1.29 is 0 Å². The van der Waals surface area contributed by atoms with Crippen molar-refractivity contribution in [1.29, 1.82) is 0 Å². The van der Waals surface area contributed by atoms with Gasteiger partial charge in [-0.3, -0.25) is 0 Å². The zero-order valence-electron chi connectivity index (χ0n) is 10.9. The van der Waals surface area contributed by atoms with Gasteiger partial charge in [0.05, 0.1) is 0 Å². The molecule has 2 rings (SSSR count). The molecule has 1 fully saturated rings. The Kier molecular flexibility index (Phi) is 4.53. The number of thiocarbonyl (C=S) groups is 1. The first-order valence-electron chi connectivity index (χ1n) is 6.75. The van der Waals surface area contributed by atoms with E-state index in [0.717, 1.165) is 17.9 Å². The summed E-state index contributed by atoms with van der Waals surface area (Å²) in [6.07, 6.45) is 8.12. The molecule has 3 nitrogen and oxygen atoms in total. The van der Waals surface area contributed by atoms with Crippen LogP contribution in [0.1, 0.15) is 44.6 Å². The minimum Gasteiger partial charge on any atom is -0.389 e. The molecule has 1 atom stereocenters. The van der Waals surface area contributed by atoms with E-state index in [-0.39, 0.29) is 0 Å². The van der Waals surface area contributed by atoms with Crippen molar-refractivity contribution in [3.05, 3.63) is 23.9 Å². The number of aromatic nitrogens is 1. The lowest BCUT2D eigenvalue weighted by molar-refractivity contribution is 0.552. The Labute approximate surface area is 114 Å². The molecule has 0 spiro atoms. The molecule has 0 radical (unpaired) electrons. The highest BCUT2D eigenvalue weighted by atomic mass is 32.1. The maximum Gasteiger partial charge on any atom is 0.129 e. The van der Waals surface area contributed by atoms with Crippen molar-refractivity contribution in [2.75, 3.05) is 11.4 Å².